The molecule has 0 spiro atoms. The molecule has 0 aliphatic carbocycles. The fraction of sp³-hybridized carbons (Fsp3) is 0.333. The summed E-state index contributed by atoms with van der Waals surface area (Å²) in [6, 6.07) is 15.9. The topological polar surface area (TPSA) is 61.5 Å². The molecular weight excluding hydrogens is 376 g/mol. The number of nitrogens with one attached hydrogen (secondary N) is 1. The number of ether oxygens (including phenoxy) is 1. The van der Waals surface area contributed by atoms with E-state index >= 15 is 0 Å². The van der Waals surface area contributed by atoms with Crippen LogP contribution in [0.3, 0.4) is 0 Å². The number of carbonyl (C=O) groups is 1. The normalized spacial score (nSPS) is 14.6. The van der Waals surface area contributed by atoms with Gasteiger partial charge in [-0.1, -0.05) is 12.1 Å². The highest BCUT2D eigenvalue weighted by Gasteiger charge is 2.22. The standard InChI is InChI=1S/C24H28N4O2/c1-19-8-11-26-22(17-19)18-20-4-6-23(7-5-20)30-24(29)28-15-13-27(14-16-28)12-9-21-3-2-10-25-21/h2-8,10-11,17,25H,9,12-16,18H2,1H3. The van der Waals surface area contributed by atoms with Crippen molar-refractivity contribution in [1.29, 1.82) is 0 Å². The summed E-state index contributed by atoms with van der Waals surface area (Å²) >= 11 is 0. The molecule has 3 heterocycles. The number of pyridine rings is 1. The quantitative estimate of drug-likeness (QED) is 0.681. The molecule has 1 fully saturated rings. The van der Waals surface area contributed by atoms with Crippen LogP contribution in [-0.4, -0.2) is 58.6 Å². The van der Waals surface area contributed by atoms with Crippen molar-refractivity contribution in [3.63, 3.8) is 0 Å². The van der Waals surface area contributed by atoms with Crippen molar-refractivity contribution in [2.24, 2.45) is 0 Å². The minimum absolute atomic E-state index is 0.271. The van der Waals surface area contributed by atoms with Crippen molar-refractivity contribution < 1.29 is 9.53 Å². The number of aryl methyl sites for hydroxylation is 1. The van der Waals surface area contributed by atoms with Crippen LogP contribution in [0.4, 0.5) is 4.79 Å². The molecule has 6 heteroatoms. The van der Waals surface area contributed by atoms with Crippen LogP contribution in [-0.2, 0) is 12.8 Å². The van der Waals surface area contributed by atoms with Gasteiger partial charge in [-0.3, -0.25) is 9.88 Å². The van der Waals surface area contributed by atoms with E-state index in [-0.39, 0.29) is 6.09 Å². The Hall–Kier alpha value is -3.12. The lowest BCUT2D eigenvalue weighted by Crippen LogP contribution is -2.49. The second kappa shape index (κ2) is 9.59. The average molecular weight is 405 g/mol. The van der Waals surface area contributed by atoms with E-state index in [4.69, 9.17) is 4.74 Å². The van der Waals surface area contributed by atoms with Crippen molar-refractivity contribution in [2.75, 3.05) is 32.7 Å². The van der Waals surface area contributed by atoms with E-state index in [1.54, 1.807) is 4.90 Å². The van der Waals surface area contributed by atoms with Gasteiger partial charge in [0.25, 0.3) is 0 Å². The molecule has 0 saturated carbocycles. The van der Waals surface area contributed by atoms with E-state index in [1.807, 2.05) is 48.8 Å². The molecule has 1 aromatic carbocycles. The van der Waals surface area contributed by atoms with Crippen LogP contribution in [0.15, 0.2) is 60.9 Å². The maximum atomic E-state index is 12.5. The lowest BCUT2D eigenvalue weighted by Gasteiger charge is -2.33. The van der Waals surface area contributed by atoms with Crippen molar-refractivity contribution in [3.8, 4) is 5.75 Å². The van der Waals surface area contributed by atoms with Gasteiger partial charge < -0.3 is 14.6 Å². The third-order valence-electron chi connectivity index (χ3n) is 5.48. The van der Waals surface area contributed by atoms with Crippen molar-refractivity contribution in [2.45, 2.75) is 19.8 Å². The molecule has 30 heavy (non-hydrogen) atoms. The van der Waals surface area contributed by atoms with E-state index in [2.05, 4.69) is 33.9 Å². The van der Waals surface area contributed by atoms with Crippen molar-refractivity contribution in [1.82, 2.24) is 19.8 Å². The third-order valence-corrected chi connectivity index (χ3v) is 5.48. The first-order valence-corrected chi connectivity index (χ1v) is 10.5. The summed E-state index contributed by atoms with van der Waals surface area (Å²) in [7, 11) is 0. The molecule has 0 atom stereocenters. The van der Waals surface area contributed by atoms with Gasteiger partial charge in [-0.05, 0) is 54.4 Å². The third kappa shape index (κ3) is 5.48. The summed E-state index contributed by atoms with van der Waals surface area (Å²) in [6.07, 6.45) is 5.28. The summed E-state index contributed by atoms with van der Waals surface area (Å²) in [5, 5.41) is 0. The first kappa shape index (κ1) is 20.2. The number of hydrogen-bond acceptors (Lipinski definition) is 4. The first-order chi connectivity index (χ1) is 14.7. The van der Waals surface area contributed by atoms with E-state index in [0.29, 0.717) is 18.8 Å². The van der Waals surface area contributed by atoms with Crippen LogP contribution >= 0.6 is 0 Å². The first-order valence-electron chi connectivity index (χ1n) is 10.5. The highest BCUT2D eigenvalue weighted by atomic mass is 16.6. The molecule has 1 aliphatic heterocycles. The van der Waals surface area contributed by atoms with Gasteiger partial charge in [-0.2, -0.15) is 0 Å². The molecule has 0 bridgehead atoms. The average Bonchev–Trinajstić information content (AvgIpc) is 3.28. The van der Waals surface area contributed by atoms with Gasteiger partial charge in [0.2, 0.25) is 0 Å². The minimum atomic E-state index is -0.271. The van der Waals surface area contributed by atoms with Crippen LogP contribution < -0.4 is 4.74 Å². The smallest absolute Gasteiger partial charge is 0.410 e. The Morgan fingerprint density at radius 3 is 2.60 bits per heavy atom. The van der Waals surface area contributed by atoms with E-state index in [9.17, 15) is 4.79 Å². The number of piperazine rings is 1. The van der Waals surface area contributed by atoms with Crippen LogP contribution in [0.1, 0.15) is 22.5 Å². The Kier molecular flexibility index (Phi) is 6.44. The fourth-order valence-corrected chi connectivity index (χ4v) is 3.70. The molecule has 2 aromatic heterocycles. The van der Waals surface area contributed by atoms with Gasteiger partial charge >= 0.3 is 6.09 Å². The number of aromatic nitrogens is 2. The summed E-state index contributed by atoms with van der Waals surface area (Å²) in [5.74, 6) is 0.579. The Morgan fingerprint density at radius 2 is 1.90 bits per heavy atom. The molecule has 1 saturated heterocycles. The SMILES string of the molecule is Cc1ccnc(Cc2ccc(OC(=O)N3CCN(CCc4ccc[nH]4)CC3)cc2)c1. The number of aromatic amines is 1. The number of amides is 1. The van der Waals surface area contributed by atoms with E-state index in [0.717, 1.165) is 43.7 Å². The largest absolute Gasteiger partial charge is 0.415 e. The highest BCUT2D eigenvalue weighted by molar-refractivity contribution is 5.70. The maximum absolute atomic E-state index is 12.5. The second-order valence-corrected chi connectivity index (χ2v) is 7.79. The molecule has 1 amide bonds. The van der Waals surface area contributed by atoms with Crippen molar-refractivity contribution >= 4 is 6.09 Å². The van der Waals surface area contributed by atoms with Gasteiger partial charge in [0, 0.05) is 69.3 Å². The van der Waals surface area contributed by atoms with Crippen molar-refractivity contribution in [3.05, 3.63) is 83.4 Å². The molecule has 4 rings (SSSR count). The van der Waals surface area contributed by atoms with Crippen LogP contribution in [0.2, 0.25) is 0 Å². The summed E-state index contributed by atoms with van der Waals surface area (Å²) < 4.78 is 5.58. The number of carbonyl (C=O) groups excluding carboxylic acids is 1. The minimum Gasteiger partial charge on any atom is -0.410 e. The van der Waals surface area contributed by atoms with Gasteiger partial charge in [0.1, 0.15) is 5.75 Å². The molecule has 6 nitrogen and oxygen atoms in total. The number of nitrogens with zero attached hydrogens (tertiary/aromatic N) is 3. The highest BCUT2D eigenvalue weighted by Crippen LogP contribution is 2.16. The monoisotopic (exact) mass is 404 g/mol. The molecule has 0 unspecified atom stereocenters. The summed E-state index contributed by atoms with van der Waals surface area (Å²) in [6.45, 7) is 6.20. The van der Waals surface area contributed by atoms with Gasteiger partial charge in [-0.25, -0.2) is 4.79 Å². The predicted molar refractivity (Wildman–Crippen MR) is 117 cm³/mol. The lowest BCUT2D eigenvalue weighted by atomic mass is 10.1. The lowest BCUT2D eigenvalue weighted by molar-refractivity contribution is 0.111. The maximum Gasteiger partial charge on any atom is 0.415 e. The fourth-order valence-electron chi connectivity index (χ4n) is 3.70. The Balaban J connectivity index is 1.23. The molecule has 156 valence electrons. The zero-order valence-electron chi connectivity index (χ0n) is 17.4. The van der Waals surface area contributed by atoms with E-state index in [1.165, 1.54) is 11.3 Å². The van der Waals surface area contributed by atoms with Crippen LogP contribution in [0, 0.1) is 6.92 Å². The second-order valence-electron chi connectivity index (χ2n) is 7.79. The predicted octanol–water partition coefficient (Wildman–Crippen LogP) is 3.67. The summed E-state index contributed by atoms with van der Waals surface area (Å²) in [5.41, 5.74) is 4.63. The van der Waals surface area contributed by atoms with Gasteiger partial charge in [0.05, 0.1) is 0 Å². The Labute approximate surface area is 177 Å². The number of rotatable bonds is 6. The number of H-pyrrole nitrogens is 1. The number of hydrogen-bond donors (Lipinski definition) is 1. The Morgan fingerprint density at radius 1 is 1.10 bits per heavy atom. The number of benzene rings is 1. The molecule has 1 N–H and O–H groups in total. The molecule has 0 radical (unpaired) electrons. The van der Waals surface area contributed by atoms with E-state index < -0.39 is 0 Å². The van der Waals surface area contributed by atoms with Crippen LogP contribution in [0.5, 0.6) is 5.75 Å². The summed E-state index contributed by atoms with van der Waals surface area (Å²) in [4.78, 5) is 24.3. The Bertz CT molecular complexity index is 946. The molecular formula is C24H28N4O2. The van der Waals surface area contributed by atoms with Crippen LogP contribution in [0.25, 0.3) is 0 Å². The zero-order valence-corrected chi connectivity index (χ0v) is 17.4. The molecule has 3 aromatic rings. The van der Waals surface area contributed by atoms with Gasteiger partial charge in [0.15, 0.2) is 0 Å². The molecule has 1 aliphatic rings. The zero-order chi connectivity index (χ0) is 20.8. The van der Waals surface area contributed by atoms with Gasteiger partial charge in [-0.15, -0.1) is 0 Å².